The first kappa shape index (κ1) is 14.5. The second kappa shape index (κ2) is 5.22. The van der Waals surface area contributed by atoms with Crippen LogP contribution in [-0.2, 0) is 16.9 Å². The van der Waals surface area contributed by atoms with Crippen molar-refractivity contribution in [2.45, 2.75) is 31.5 Å². The van der Waals surface area contributed by atoms with Crippen LogP contribution < -0.4 is 5.73 Å². The summed E-state index contributed by atoms with van der Waals surface area (Å²) >= 11 is 0. The van der Waals surface area contributed by atoms with Crippen LogP contribution in [0.15, 0.2) is 12.4 Å². The standard InChI is InChI=1S/C12H22N4O2S/c1-9(13)12(10-6-14-15(2)7-10)16(3)11-4-5-19(17,18)8-11/h6-7,9,11-12H,4-5,8,13H2,1-3H3. The molecule has 2 rings (SSSR count). The Kier molecular flexibility index (Phi) is 3.98. The predicted octanol–water partition coefficient (Wildman–Crippen LogP) is -0.0727. The van der Waals surface area contributed by atoms with E-state index in [0.29, 0.717) is 6.42 Å². The normalized spacial score (nSPS) is 25.6. The van der Waals surface area contributed by atoms with Crippen molar-refractivity contribution < 1.29 is 8.42 Å². The number of sulfone groups is 1. The lowest BCUT2D eigenvalue weighted by atomic mass is 10.0. The van der Waals surface area contributed by atoms with Gasteiger partial charge in [0.1, 0.15) is 0 Å². The van der Waals surface area contributed by atoms with Gasteiger partial charge in [0.05, 0.1) is 23.7 Å². The minimum absolute atomic E-state index is 0.00741. The number of hydrogen-bond donors (Lipinski definition) is 1. The summed E-state index contributed by atoms with van der Waals surface area (Å²) in [6.45, 7) is 1.94. The smallest absolute Gasteiger partial charge is 0.151 e. The molecule has 0 amide bonds. The Morgan fingerprint density at radius 2 is 2.26 bits per heavy atom. The number of rotatable bonds is 4. The van der Waals surface area contributed by atoms with E-state index in [9.17, 15) is 8.42 Å². The Balaban J connectivity index is 2.20. The summed E-state index contributed by atoms with van der Waals surface area (Å²) < 4.78 is 24.9. The lowest BCUT2D eigenvalue weighted by Gasteiger charge is -2.34. The Morgan fingerprint density at radius 1 is 1.58 bits per heavy atom. The van der Waals surface area contributed by atoms with Crippen LogP contribution in [0.25, 0.3) is 0 Å². The zero-order chi connectivity index (χ0) is 14.2. The van der Waals surface area contributed by atoms with Gasteiger partial charge in [0.15, 0.2) is 9.84 Å². The zero-order valence-corrected chi connectivity index (χ0v) is 12.5. The van der Waals surface area contributed by atoms with Gasteiger partial charge in [-0.1, -0.05) is 0 Å². The molecular formula is C12H22N4O2S. The van der Waals surface area contributed by atoms with Gasteiger partial charge in [0.25, 0.3) is 0 Å². The molecule has 1 aromatic heterocycles. The van der Waals surface area contributed by atoms with Gasteiger partial charge in [-0.05, 0) is 20.4 Å². The van der Waals surface area contributed by atoms with E-state index in [1.165, 1.54) is 0 Å². The second-order valence-corrected chi connectivity index (χ2v) is 7.70. The van der Waals surface area contributed by atoms with Crippen molar-refractivity contribution in [3.05, 3.63) is 18.0 Å². The van der Waals surface area contributed by atoms with Crippen molar-refractivity contribution in [3.63, 3.8) is 0 Å². The molecule has 1 saturated heterocycles. The topological polar surface area (TPSA) is 81.2 Å². The van der Waals surface area contributed by atoms with Gasteiger partial charge >= 0.3 is 0 Å². The van der Waals surface area contributed by atoms with Crippen molar-refractivity contribution in [2.24, 2.45) is 12.8 Å². The van der Waals surface area contributed by atoms with Crippen LogP contribution in [0.3, 0.4) is 0 Å². The van der Waals surface area contributed by atoms with E-state index in [4.69, 9.17) is 5.73 Å². The molecule has 0 aliphatic carbocycles. The maximum Gasteiger partial charge on any atom is 0.151 e. The van der Waals surface area contributed by atoms with Gasteiger partial charge in [-0.25, -0.2) is 8.42 Å². The first-order valence-electron chi connectivity index (χ1n) is 6.46. The Labute approximate surface area is 114 Å². The van der Waals surface area contributed by atoms with Crippen molar-refractivity contribution in [1.29, 1.82) is 0 Å². The van der Waals surface area contributed by atoms with Gasteiger partial charge in [-0.15, -0.1) is 0 Å². The molecule has 1 aliphatic rings. The van der Waals surface area contributed by atoms with Crippen LogP contribution >= 0.6 is 0 Å². The fraction of sp³-hybridized carbons (Fsp3) is 0.750. The second-order valence-electron chi connectivity index (χ2n) is 5.47. The van der Waals surface area contributed by atoms with Crippen LogP contribution in [0.2, 0.25) is 0 Å². The quantitative estimate of drug-likeness (QED) is 0.838. The maximum atomic E-state index is 11.6. The first-order chi connectivity index (χ1) is 8.80. The molecule has 108 valence electrons. The van der Waals surface area contributed by atoms with Crippen molar-refractivity contribution in [3.8, 4) is 0 Å². The minimum Gasteiger partial charge on any atom is -0.326 e. The largest absolute Gasteiger partial charge is 0.326 e. The molecule has 0 bridgehead atoms. The Morgan fingerprint density at radius 3 is 2.68 bits per heavy atom. The Hall–Kier alpha value is -0.920. The summed E-state index contributed by atoms with van der Waals surface area (Å²) in [7, 11) is 0.934. The van der Waals surface area contributed by atoms with Crippen molar-refractivity contribution >= 4 is 9.84 Å². The summed E-state index contributed by atoms with van der Waals surface area (Å²) in [5.74, 6) is 0.508. The zero-order valence-electron chi connectivity index (χ0n) is 11.7. The molecule has 0 saturated carbocycles. The molecule has 1 aromatic rings. The van der Waals surface area contributed by atoms with Gasteiger partial charge in [0.2, 0.25) is 0 Å². The molecule has 0 spiro atoms. The molecular weight excluding hydrogens is 264 g/mol. The van der Waals surface area contributed by atoms with E-state index in [-0.39, 0.29) is 29.6 Å². The number of hydrogen-bond acceptors (Lipinski definition) is 5. The molecule has 0 aromatic carbocycles. The summed E-state index contributed by atoms with van der Waals surface area (Å²) in [4.78, 5) is 2.09. The SMILES string of the molecule is CC(N)C(c1cnn(C)c1)N(C)C1CCS(=O)(=O)C1. The van der Waals surface area contributed by atoms with Crippen LogP contribution in [-0.4, -0.2) is 53.7 Å². The maximum absolute atomic E-state index is 11.6. The van der Waals surface area contributed by atoms with Gasteiger partial charge in [-0.3, -0.25) is 9.58 Å². The van der Waals surface area contributed by atoms with E-state index in [0.717, 1.165) is 5.56 Å². The molecule has 1 fully saturated rings. The monoisotopic (exact) mass is 286 g/mol. The molecule has 6 nitrogen and oxygen atoms in total. The highest BCUT2D eigenvalue weighted by Gasteiger charge is 2.35. The summed E-state index contributed by atoms with van der Waals surface area (Å²) in [5, 5.41) is 4.17. The van der Waals surface area contributed by atoms with Crippen molar-refractivity contribution in [1.82, 2.24) is 14.7 Å². The van der Waals surface area contributed by atoms with Crippen LogP contribution in [0.5, 0.6) is 0 Å². The number of aryl methyl sites for hydroxylation is 1. The number of likely N-dealkylation sites (N-methyl/N-ethyl adjacent to an activating group) is 1. The third-order valence-corrected chi connectivity index (χ3v) is 5.54. The molecule has 2 heterocycles. The summed E-state index contributed by atoms with van der Waals surface area (Å²) in [6, 6.07) is -0.0503. The fourth-order valence-electron chi connectivity index (χ4n) is 2.83. The van der Waals surface area contributed by atoms with Gasteiger partial charge in [0, 0.05) is 30.9 Å². The minimum atomic E-state index is -2.88. The van der Waals surface area contributed by atoms with E-state index in [1.807, 2.05) is 27.2 Å². The average molecular weight is 286 g/mol. The highest BCUT2D eigenvalue weighted by molar-refractivity contribution is 7.91. The highest BCUT2D eigenvalue weighted by atomic mass is 32.2. The van der Waals surface area contributed by atoms with Crippen LogP contribution in [0.4, 0.5) is 0 Å². The van der Waals surface area contributed by atoms with Gasteiger partial charge in [-0.2, -0.15) is 5.10 Å². The van der Waals surface area contributed by atoms with E-state index in [1.54, 1.807) is 10.9 Å². The summed E-state index contributed by atoms with van der Waals surface area (Å²) in [6.07, 6.45) is 4.42. The fourth-order valence-corrected chi connectivity index (χ4v) is 4.61. The number of aromatic nitrogens is 2. The van der Waals surface area contributed by atoms with E-state index < -0.39 is 9.84 Å². The predicted molar refractivity (Wildman–Crippen MR) is 74.4 cm³/mol. The third-order valence-electron chi connectivity index (χ3n) is 3.79. The lowest BCUT2D eigenvalue weighted by Crippen LogP contribution is -2.43. The Bertz CT molecular complexity index is 538. The summed E-state index contributed by atoms with van der Waals surface area (Å²) in [5.41, 5.74) is 7.12. The molecule has 0 radical (unpaired) electrons. The highest BCUT2D eigenvalue weighted by Crippen LogP contribution is 2.28. The first-order valence-corrected chi connectivity index (χ1v) is 8.29. The van der Waals surface area contributed by atoms with Crippen LogP contribution in [0.1, 0.15) is 24.9 Å². The van der Waals surface area contributed by atoms with Crippen molar-refractivity contribution in [2.75, 3.05) is 18.6 Å². The molecule has 3 atom stereocenters. The number of nitrogens with two attached hydrogens (primary N) is 1. The van der Waals surface area contributed by atoms with E-state index >= 15 is 0 Å². The molecule has 19 heavy (non-hydrogen) atoms. The molecule has 3 unspecified atom stereocenters. The molecule has 7 heteroatoms. The molecule has 2 N–H and O–H groups in total. The lowest BCUT2D eigenvalue weighted by molar-refractivity contribution is 0.168. The molecule has 1 aliphatic heterocycles. The van der Waals surface area contributed by atoms with Gasteiger partial charge < -0.3 is 5.73 Å². The van der Waals surface area contributed by atoms with Crippen LogP contribution in [0, 0.1) is 0 Å². The third kappa shape index (κ3) is 3.16. The average Bonchev–Trinajstić information content (AvgIpc) is 2.84. The van der Waals surface area contributed by atoms with E-state index in [2.05, 4.69) is 10.00 Å². The number of nitrogens with zero attached hydrogens (tertiary/aromatic N) is 3.